The molecular formula is C16H26N2O4. The number of carbonyl (C=O) groups excluding carboxylic acids is 1. The average molecular weight is 310 g/mol. The first-order valence-corrected chi connectivity index (χ1v) is 7.50. The molecule has 1 atom stereocenters. The van der Waals surface area contributed by atoms with Crippen molar-refractivity contribution in [3.05, 3.63) is 18.3 Å². The van der Waals surface area contributed by atoms with Crippen molar-refractivity contribution in [2.45, 2.75) is 38.7 Å². The van der Waals surface area contributed by atoms with Crippen LogP contribution in [-0.4, -0.2) is 43.9 Å². The molecule has 6 nitrogen and oxygen atoms in total. The second kappa shape index (κ2) is 9.38. The Labute approximate surface area is 132 Å². The Balaban J connectivity index is 2.59. The average Bonchev–Trinajstić information content (AvgIpc) is 2.54. The van der Waals surface area contributed by atoms with Gasteiger partial charge in [0.2, 0.25) is 5.88 Å². The maximum atomic E-state index is 12.4. The molecule has 6 heteroatoms. The van der Waals surface area contributed by atoms with Crippen molar-refractivity contribution >= 4 is 11.6 Å². The first kappa shape index (κ1) is 18.4. The highest BCUT2D eigenvalue weighted by Crippen LogP contribution is 2.21. The van der Waals surface area contributed by atoms with Crippen LogP contribution in [0, 0.1) is 0 Å². The number of hydrogen-bond acceptors (Lipinski definition) is 5. The fourth-order valence-electron chi connectivity index (χ4n) is 1.85. The SMILES string of the molecule is CCCCC(C)(OC)C(=O)Nc1ccc(OCCOC)nc1. The summed E-state index contributed by atoms with van der Waals surface area (Å²) in [6.45, 7) is 4.83. The van der Waals surface area contributed by atoms with Gasteiger partial charge in [0.25, 0.3) is 5.91 Å². The molecule has 0 fully saturated rings. The standard InChI is InChI=1S/C16H26N2O4/c1-5-6-9-16(2,21-4)15(19)18-13-7-8-14(17-12-13)22-11-10-20-3/h7-8,12H,5-6,9-11H2,1-4H3,(H,18,19). The van der Waals surface area contributed by atoms with E-state index in [9.17, 15) is 4.79 Å². The Morgan fingerprint density at radius 2 is 2.09 bits per heavy atom. The lowest BCUT2D eigenvalue weighted by atomic mass is 9.97. The van der Waals surface area contributed by atoms with E-state index in [4.69, 9.17) is 14.2 Å². The van der Waals surface area contributed by atoms with E-state index in [1.54, 1.807) is 39.5 Å². The van der Waals surface area contributed by atoms with Crippen LogP contribution in [0.5, 0.6) is 5.88 Å². The third kappa shape index (κ3) is 5.61. The lowest BCUT2D eigenvalue weighted by Crippen LogP contribution is -2.41. The first-order valence-electron chi connectivity index (χ1n) is 7.50. The van der Waals surface area contributed by atoms with E-state index in [0.29, 0.717) is 31.2 Å². The van der Waals surface area contributed by atoms with Gasteiger partial charge in [-0.1, -0.05) is 19.8 Å². The highest BCUT2D eigenvalue weighted by Gasteiger charge is 2.32. The van der Waals surface area contributed by atoms with Crippen LogP contribution in [-0.2, 0) is 14.3 Å². The van der Waals surface area contributed by atoms with E-state index in [1.165, 1.54) is 0 Å². The van der Waals surface area contributed by atoms with Crippen molar-refractivity contribution in [3.63, 3.8) is 0 Å². The van der Waals surface area contributed by atoms with Gasteiger partial charge in [-0.3, -0.25) is 4.79 Å². The molecule has 22 heavy (non-hydrogen) atoms. The fraction of sp³-hybridized carbons (Fsp3) is 0.625. The van der Waals surface area contributed by atoms with Crippen molar-refractivity contribution < 1.29 is 19.0 Å². The molecule has 0 spiro atoms. The number of unbranched alkanes of at least 4 members (excludes halogenated alkanes) is 1. The molecule has 1 aromatic rings. The maximum absolute atomic E-state index is 12.4. The van der Waals surface area contributed by atoms with Gasteiger partial charge in [0.1, 0.15) is 12.2 Å². The molecule has 1 rings (SSSR count). The lowest BCUT2D eigenvalue weighted by molar-refractivity contribution is -0.136. The molecule has 1 unspecified atom stereocenters. The molecule has 0 saturated carbocycles. The molecule has 1 amide bonds. The molecule has 0 aliphatic carbocycles. The van der Waals surface area contributed by atoms with Gasteiger partial charge in [0, 0.05) is 20.3 Å². The highest BCUT2D eigenvalue weighted by molar-refractivity contribution is 5.96. The number of nitrogens with one attached hydrogen (secondary N) is 1. The molecule has 0 aliphatic rings. The molecule has 0 saturated heterocycles. The highest BCUT2D eigenvalue weighted by atomic mass is 16.5. The second-order valence-corrected chi connectivity index (χ2v) is 5.22. The van der Waals surface area contributed by atoms with Crippen LogP contribution in [0.4, 0.5) is 5.69 Å². The largest absolute Gasteiger partial charge is 0.475 e. The van der Waals surface area contributed by atoms with E-state index in [0.717, 1.165) is 12.8 Å². The molecule has 0 bridgehead atoms. The fourth-order valence-corrected chi connectivity index (χ4v) is 1.85. The molecule has 1 N–H and O–H groups in total. The van der Waals surface area contributed by atoms with Crippen LogP contribution in [0.2, 0.25) is 0 Å². The quantitative estimate of drug-likeness (QED) is 0.673. The number of aromatic nitrogens is 1. The van der Waals surface area contributed by atoms with Gasteiger partial charge in [0.15, 0.2) is 0 Å². The molecule has 124 valence electrons. The van der Waals surface area contributed by atoms with Crippen molar-refractivity contribution in [1.82, 2.24) is 4.98 Å². The van der Waals surface area contributed by atoms with Crippen LogP contribution in [0.3, 0.4) is 0 Å². The molecule has 1 heterocycles. The van der Waals surface area contributed by atoms with Crippen LogP contribution in [0.1, 0.15) is 33.1 Å². The minimum Gasteiger partial charge on any atom is -0.475 e. The summed E-state index contributed by atoms with van der Waals surface area (Å²) in [4.78, 5) is 16.5. The zero-order valence-electron chi connectivity index (χ0n) is 13.8. The molecule has 1 aromatic heterocycles. The topological polar surface area (TPSA) is 69.7 Å². The van der Waals surface area contributed by atoms with Crippen molar-refractivity contribution in [1.29, 1.82) is 0 Å². The van der Waals surface area contributed by atoms with E-state index >= 15 is 0 Å². The van der Waals surface area contributed by atoms with Crippen LogP contribution in [0.25, 0.3) is 0 Å². The van der Waals surface area contributed by atoms with Gasteiger partial charge >= 0.3 is 0 Å². The normalized spacial score (nSPS) is 13.5. The van der Waals surface area contributed by atoms with Crippen molar-refractivity contribution in [2.24, 2.45) is 0 Å². The number of nitrogens with zero attached hydrogens (tertiary/aromatic N) is 1. The summed E-state index contributed by atoms with van der Waals surface area (Å²) in [7, 11) is 3.17. The number of amides is 1. The summed E-state index contributed by atoms with van der Waals surface area (Å²) in [5.41, 5.74) is -0.215. The first-order chi connectivity index (χ1) is 10.6. The summed E-state index contributed by atoms with van der Waals surface area (Å²) in [6.07, 6.45) is 4.19. The van der Waals surface area contributed by atoms with E-state index in [1.807, 2.05) is 0 Å². The second-order valence-electron chi connectivity index (χ2n) is 5.22. The van der Waals surface area contributed by atoms with Gasteiger partial charge in [-0.05, 0) is 19.4 Å². The maximum Gasteiger partial charge on any atom is 0.256 e. The van der Waals surface area contributed by atoms with Crippen molar-refractivity contribution in [2.75, 3.05) is 32.8 Å². The van der Waals surface area contributed by atoms with Crippen LogP contribution < -0.4 is 10.1 Å². The minimum absolute atomic E-state index is 0.168. The van der Waals surface area contributed by atoms with Crippen LogP contribution >= 0.6 is 0 Å². The number of methoxy groups -OCH3 is 2. The predicted octanol–water partition coefficient (Wildman–Crippen LogP) is 2.64. The smallest absolute Gasteiger partial charge is 0.256 e. The summed E-state index contributed by atoms with van der Waals surface area (Å²) in [5.74, 6) is 0.328. The summed E-state index contributed by atoms with van der Waals surface area (Å²) in [5, 5.41) is 2.83. The predicted molar refractivity (Wildman–Crippen MR) is 85.2 cm³/mol. The third-order valence-corrected chi connectivity index (χ3v) is 3.47. The molecule has 0 aromatic carbocycles. The Bertz CT molecular complexity index is 450. The number of rotatable bonds is 10. The number of carbonyl (C=O) groups is 1. The number of anilines is 1. The van der Waals surface area contributed by atoms with Gasteiger partial charge in [-0.15, -0.1) is 0 Å². The summed E-state index contributed by atoms with van der Waals surface area (Å²) in [6, 6.07) is 3.46. The number of hydrogen-bond donors (Lipinski definition) is 1. The zero-order valence-corrected chi connectivity index (χ0v) is 13.8. The Hall–Kier alpha value is -1.66. The van der Waals surface area contributed by atoms with Gasteiger partial charge in [-0.2, -0.15) is 0 Å². The van der Waals surface area contributed by atoms with Gasteiger partial charge < -0.3 is 19.5 Å². The van der Waals surface area contributed by atoms with E-state index in [2.05, 4.69) is 17.2 Å². The van der Waals surface area contributed by atoms with Crippen molar-refractivity contribution in [3.8, 4) is 5.88 Å². The molecular weight excluding hydrogens is 284 g/mol. The van der Waals surface area contributed by atoms with E-state index < -0.39 is 5.60 Å². The molecule has 0 radical (unpaired) electrons. The summed E-state index contributed by atoms with van der Waals surface area (Å²) < 4.78 is 15.7. The Kier molecular flexibility index (Phi) is 7.84. The third-order valence-electron chi connectivity index (χ3n) is 3.47. The monoisotopic (exact) mass is 310 g/mol. The number of pyridine rings is 1. The van der Waals surface area contributed by atoms with E-state index in [-0.39, 0.29) is 5.91 Å². The lowest BCUT2D eigenvalue weighted by Gasteiger charge is -2.26. The number of ether oxygens (including phenoxy) is 3. The van der Waals surface area contributed by atoms with Gasteiger partial charge in [-0.25, -0.2) is 4.98 Å². The zero-order chi connectivity index (χ0) is 16.4. The van der Waals surface area contributed by atoms with Crippen LogP contribution in [0.15, 0.2) is 18.3 Å². The summed E-state index contributed by atoms with van der Waals surface area (Å²) >= 11 is 0. The Morgan fingerprint density at radius 3 is 2.64 bits per heavy atom. The van der Waals surface area contributed by atoms with Gasteiger partial charge in [0.05, 0.1) is 18.5 Å². The molecule has 0 aliphatic heterocycles. The Morgan fingerprint density at radius 1 is 1.32 bits per heavy atom. The minimum atomic E-state index is -0.830.